The first-order valence-electron chi connectivity index (χ1n) is 11.3. The molecular weight excluding hydrogens is 488 g/mol. The normalized spacial score (nSPS) is 17.3. The lowest BCUT2D eigenvalue weighted by Gasteiger charge is -2.30. The molecule has 1 aliphatic carbocycles. The van der Waals surface area contributed by atoms with Crippen LogP contribution >= 0.6 is 0 Å². The molecule has 0 aliphatic heterocycles. The van der Waals surface area contributed by atoms with Crippen molar-refractivity contribution in [1.82, 2.24) is 9.55 Å². The summed E-state index contributed by atoms with van der Waals surface area (Å²) in [5.74, 6) is -1.66. The molecule has 2 N–H and O–H groups in total. The summed E-state index contributed by atoms with van der Waals surface area (Å²) >= 11 is 0. The molecule has 0 amide bonds. The van der Waals surface area contributed by atoms with Gasteiger partial charge in [-0.2, -0.15) is 8.42 Å². The highest BCUT2D eigenvalue weighted by Gasteiger charge is 2.35. The summed E-state index contributed by atoms with van der Waals surface area (Å²) < 4.78 is 82.3. The number of imidazole rings is 1. The molecule has 1 fully saturated rings. The van der Waals surface area contributed by atoms with Crippen LogP contribution in [0, 0.1) is 5.92 Å². The van der Waals surface area contributed by atoms with E-state index < -0.39 is 26.1 Å². The van der Waals surface area contributed by atoms with Gasteiger partial charge in [-0.25, -0.2) is 22.2 Å². The summed E-state index contributed by atoms with van der Waals surface area (Å²) in [6.45, 7) is 9.82. The van der Waals surface area contributed by atoms with Crippen LogP contribution in [0.2, 0.25) is 0 Å². The van der Waals surface area contributed by atoms with Gasteiger partial charge in [0.15, 0.2) is 0 Å². The largest absolute Gasteiger partial charge is 0.327 e. The van der Waals surface area contributed by atoms with Gasteiger partial charge in [-0.1, -0.05) is 20.8 Å². The molecule has 0 radical (unpaired) electrons. The third kappa shape index (κ3) is 8.16. The number of fused-ring (bicyclic) bond motifs is 1. The van der Waals surface area contributed by atoms with E-state index in [0.717, 1.165) is 11.3 Å². The Morgan fingerprint density at radius 3 is 2.15 bits per heavy atom. The molecule has 2 aromatic rings. The predicted octanol–water partition coefficient (Wildman–Crippen LogP) is 4.82. The summed E-state index contributed by atoms with van der Waals surface area (Å²) in [7, 11) is -7.02. The topological polar surface area (TPSA) is 118 Å². The lowest BCUT2D eigenvalue weighted by molar-refractivity contribution is -0.0473. The van der Waals surface area contributed by atoms with E-state index in [1.807, 2.05) is 6.07 Å². The number of sulfonamides is 1. The molecule has 0 spiro atoms. The first kappa shape index (κ1) is 28.4. The minimum absolute atomic E-state index is 0.000960. The molecule has 0 unspecified atom stereocenters. The van der Waals surface area contributed by atoms with Gasteiger partial charge in [0, 0.05) is 24.8 Å². The van der Waals surface area contributed by atoms with Crippen molar-refractivity contribution in [3.63, 3.8) is 0 Å². The second-order valence-corrected chi connectivity index (χ2v) is 13.4. The van der Waals surface area contributed by atoms with E-state index in [2.05, 4.69) is 30.1 Å². The molecule has 12 heteroatoms. The smallest absolute Gasteiger partial charge is 0.264 e. The van der Waals surface area contributed by atoms with Crippen LogP contribution < -0.4 is 4.72 Å². The van der Waals surface area contributed by atoms with Crippen molar-refractivity contribution in [1.29, 1.82) is 0 Å². The molecule has 8 nitrogen and oxygen atoms in total. The van der Waals surface area contributed by atoms with Crippen LogP contribution in [-0.2, 0) is 32.1 Å². The van der Waals surface area contributed by atoms with E-state index in [0.29, 0.717) is 30.6 Å². The molecule has 1 aliphatic rings. The molecule has 194 valence electrons. The second kappa shape index (κ2) is 10.4. The minimum Gasteiger partial charge on any atom is -0.327 e. The lowest BCUT2D eigenvalue weighted by Crippen LogP contribution is -2.28. The van der Waals surface area contributed by atoms with Crippen molar-refractivity contribution in [3.8, 4) is 0 Å². The highest BCUT2D eigenvalue weighted by molar-refractivity contribution is 7.92. The third-order valence-electron chi connectivity index (χ3n) is 5.71. The second-order valence-electron chi connectivity index (χ2n) is 9.67. The highest BCUT2D eigenvalue weighted by atomic mass is 32.2. The number of hydrogen-bond acceptors (Lipinski definition) is 5. The SMILES string of the molecule is CCS(=O)(=O)Nc1ccc2c(c1)nc(C(C)(C)C)n2CC1CCC(F)(F)CC1.CCS(=O)(=O)O. The third-order valence-corrected chi connectivity index (χ3v) is 7.75. The maximum absolute atomic E-state index is 13.5. The number of rotatable bonds is 6. The zero-order valence-corrected chi connectivity index (χ0v) is 21.9. The van der Waals surface area contributed by atoms with Crippen LogP contribution in [0.15, 0.2) is 18.2 Å². The molecule has 0 atom stereocenters. The van der Waals surface area contributed by atoms with Crippen LogP contribution in [0.25, 0.3) is 11.0 Å². The van der Waals surface area contributed by atoms with Crippen molar-refractivity contribution in [2.24, 2.45) is 5.92 Å². The molecule has 0 bridgehead atoms. The summed E-state index contributed by atoms with van der Waals surface area (Å²) in [4.78, 5) is 4.77. The van der Waals surface area contributed by atoms with E-state index in [4.69, 9.17) is 9.54 Å². The van der Waals surface area contributed by atoms with Crippen molar-refractivity contribution < 1.29 is 30.2 Å². The average Bonchev–Trinajstić information content (AvgIpc) is 3.07. The number of nitrogens with zero attached hydrogens (tertiary/aromatic N) is 2. The van der Waals surface area contributed by atoms with E-state index in [1.54, 1.807) is 19.1 Å². The Kier molecular flexibility index (Phi) is 8.74. The predicted molar refractivity (Wildman–Crippen MR) is 131 cm³/mol. The number of hydrogen-bond donors (Lipinski definition) is 2. The lowest BCUT2D eigenvalue weighted by atomic mass is 9.86. The number of benzene rings is 1. The van der Waals surface area contributed by atoms with Crippen LogP contribution in [0.5, 0.6) is 0 Å². The standard InChI is InChI=1S/C20H29F2N3O2S.C2H6O3S/c1-5-28(26,27)24-15-6-7-17-16(12-15)23-18(19(2,3)4)25(17)13-14-8-10-20(21,22)11-9-14;1-2-6(3,4)5/h6-7,12,14,24H,5,8-11,13H2,1-4H3;2H2,1H3,(H,3,4,5). The molecular formula is C22H35F2N3O5S2. The maximum Gasteiger partial charge on any atom is 0.264 e. The van der Waals surface area contributed by atoms with Crippen LogP contribution in [0.4, 0.5) is 14.5 Å². The van der Waals surface area contributed by atoms with Crippen molar-refractivity contribution in [2.45, 2.75) is 78.2 Å². The monoisotopic (exact) mass is 523 g/mol. The maximum atomic E-state index is 13.5. The summed E-state index contributed by atoms with van der Waals surface area (Å²) in [6.07, 6.45) is 0.894. The number of anilines is 1. The Hall–Kier alpha value is -1.79. The highest BCUT2D eigenvalue weighted by Crippen LogP contribution is 2.38. The summed E-state index contributed by atoms with van der Waals surface area (Å²) in [5, 5.41) is 0. The first-order valence-corrected chi connectivity index (χ1v) is 14.6. The zero-order chi connectivity index (χ0) is 25.9. The zero-order valence-electron chi connectivity index (χ0n) is 20.3. The summed E-state index contributed by atoms with van der Waals surface area (Å²) in [5.41, 5.74) is 1.88. The molecule has 1 heterocycles. The molecule has 3 rings (SSSR count). The molecule has 1 aromatic heterocycles. The Morgan fingerprint density at radius 1 is 1.12 bits per heavy atom. The van der Waals surface area contributed by atoms with Gasteiger partial charge >= 0.3 is 0 Å². The Morgan fingerprint density at radius 2 is 1.68 bits per heavy atom. The van der Waals surface area contributed by atoms with Gasteiger partial charge in [0.2, 0.25) is 15.9 Å². The quantitative estimate of drug-likeness (QED) is 0.525. The Labute approximate surface area is 200 Å². The van der Waals surface area contributed by atoms with Crippen LogP contribution in [0.3, 0.4) is 0 Å². The summed E-state index contributed by atoms with van der Waals surface area (Å²) in [6, 6.07) is 5.33. The fourth-order valence-corrected chi connectivity index (χ4v) is 4.37. The van der Waals surface area contributed by atoms with Gasteiger partial charge in [-0.15, -0.1) is 0 Å². The van der Waals surface area contributed by atoms with Gasteiger partial charge < -0.3 is 4.57 Å². The average molecular weight is 524 g/mol. The molecule has 34 heavy (non-hydrogen) atoms. The van der Waals surface area contributed by atoms with Gasteiger partial charge in [0.05, 0.1) is 28.2 Å². The fourth-order valence-electron chi connectivity index (χ4n) is 3.74. The molecule has 1 aromatic carbocycles. The van der Waals surface area contributed by atoms with E-state index in [-0.39, 0.29) is 35.7 Å². The van der Waals surface area contributed by atoms with Crippen molar-refractivity contribution in [3.05, 3.63) is 24.0 Å². The van der Waals surface area contributed by atoms with Gasteiger partial charge in [-0.3, -0.25) is 9.27 Å². The van der Waals surface area contributed by atoms with E-state index >= 15 is 0 Å². The Bertz CT molecular complexity index is 1190. The van der Waals surface area contributed by atoms with Crippen molar-refractivity contribution >= 4 is 36.9 Å². The fraction of sp³-hybridized carbons (Fsp3) is 0.682. The van der Waals surface area contributed by atoms with E-state index in [9.17, 15) is 25.6 Å². The molecule has 0 saturated heterocycles. The first-order chi connectivity index (χ1) is 15.5. The number of nitrogens with one attached hydrogen (secondary N) is 1. The Balaban J connectivity index is 0.000000604. The van der Waals surface area contributed by atoms with Crippen molar-refractivity contribution in [2.75, 3.05) is 16.2 Å². The van der Waals surface area contributed by atoms with Gasteiger partial charge in [-0.05, 0) is 50.8 Å². The number of alkyl halides is 2. The van der Waals surface area contributed by atoms with Gasteiger partial charge in [0.1, 0.15) is 5.82 Å². The van der Waals surface area contributed by atoms with Crippen LogP contribution in [0.1, 0.15) is 66.1 Å². The number of aromatic nitrogens is 2. The van der Waals surface area contributed by atoms with E-state index in [1.165, 1.54) is 6.92 Å². The van der Waals surface area contributed by atoms with Gasteiger partial charge in [0.25, 0.3) is 10.1 Å². The molecule has 1 saturated carbocycles. The number of halogens is 2. The van der Waals surface area contributed by atoms with Crippen LogP contribution in [-0.4, -0.2) is 48.4 Å². The minimum atomic E-state index is -3.66.